The van der Waals surface area contributed by atoms with Crippen molar-refractivity contribution in [3.63, 3.8) is 0 Å². The molecule has 0 aliphatic carbocycles. The maximum absolute atomic E-state index is 12.8. The SMILES string of the molecule is CCC(C)C(C(=O)Cc1cnn(CC)c1)c1ccccc1. The fourth-order valence-electron chi connectivity index (χ4n) is 2.71. The van der Waals surface area contributed by atoms with Crippen molar-refractivity contribution >= 4 is 5.78 Å². The first kappa shape index (κ1) is 15.5. The van der Waals surface area contributed by atoms with Crippen LogP contribution in [0, 0.1) is 5.92 Å². The first-order chi connectivity index (χ1) is 10.2. The van der Waals surface area contributed by atoms with Crippen molar-refractivity contribution in [1.29, 1.82) is 0 Å². The van der Waals surface area contributed by atoms with E-state index in [1.165, 1.54) is 0 Å². The van der Waals surface area contributed by atoms with E-state index in [0.717, 1.165) is 24.1 Å². The van der Waals surface area contributed by atoms with Crippen LogP contribution in [0.15, 0.2) is 42.7 Å². The molecule has 1 heterocycles. The summed E-state index contributed by atoms with van der Waals surface area (Å²) in [5.41, 5.74) is 2.13. The van der Waals surface area contributed by atoms with Crippen LogP contribution in [-0.4, -0.2) is 15.6 Å². The van der Waals surface area contributed by atoms with E-state index in [0.29, 0.717) is 12.3 Å². The molecule has 3 nitrogen and oxygen atoms in total. The molecule has 1 aromatic heterocycles. The summed E-state index contributed by atoms with van der Waals surface area (Å²) < 4.78 is 1.86. The summed E-state index contributed by atoms with van der Waals surface area (Å²) in [6.45, 7) is 7.18. The number of carbonyl (C=O) groups excluding carboxylic acids is 1. The van der Waals surface area contributed by atoms with Gasteiger partial charge in [-0.05, 0) is 24.0 Å². The summed E-state index contributed by atoms with van der Waals surface area (Å²) in [7, 11) is 0. The van der Waals surface area contributed by atoms with Crippen LogP contribution in [0.5, 0.6) is 0 Å². The molecule has 2 unspecified atom stereocenters. The van der Waals surface area contributed by atoms with Crippen LogP contribution < -0.4 is 0 Å². The van der Waals surface area contributed by atoms with Crippen LogP contribution in [0.2, 0.25) is 0 Å². The molecule has 2 rings (SSSR count). The van der Waals surface area contributed by atoms with Crippen molar-refractivity contribution in [2.24, 2.45) is 5.92 Å². The number of aromatic nitrogens is 2. The Balaban J connectivity index is 2.18. The van der Waals surface area contributed by atoms with E-state index in [1.807, 2.05) is 36.0 Å². The number of Topliss-reactive ketones (excluding diaryl/α,β-unsaturated/α-hetero) is 1. The minimum Gasteiger partial charge on any atom is -0.299 e. The predicted octanol–water partition coefficient (Wildman–Crippen LogP) is 3.84. The third-order valence-corrected chi connectivity index (χ3v) is 4.11. The number of ketones is 1. The Morgan fingerprint density at radius 2 is 1.95 bits per heavy atom. The van der Waals surface area contributed by atoms with Crippen LogP contribution in [0.25, 0.3) is 0 Å². The molecule has 0 radical (unpaired) electrons. The van der Waals surface area contributed by atoms with E-state index in [1.54, 1.807) is 6.20 Å². The highest BCUT2D eigenvalue weighted by Gasteiger charge is 2.25. The van der Waals surface area contributed by atoms with Crippen molar-refractivity contribution in [2.45, 2.75) is 46.1 Å². The average Bonchev–Trinajstić information content (AvgIpc) is 2.96. The van der Waals surface area contributed by atoms with E-state index < -0.39 is 0 Å². The monoisotopic (exact) mass is 284 g/mol. The maximum Gasteiger partial charge on any atom is 0.145 e. The van der Waals surface area contributed by atoms with Gasteiger partial charge in [-0.1, -0.05) is 50.6 Å². The van der Waals surface area contributed by atoms with Gasteiger partial charge in [0.2, 0.25) is 0 Å². The normalized spacial score (nSPS) is 13.9. The molecule has 0 aliphatic heterocycles. The number of carbonyl (C=O) groups is 1. The van der Waals surface area contributed by atoms with Gasteiger partial charge in [-0.25, -0.2) is 0 Å². The Labute approximate surface area is 127 Å². The molecule has 0 amide bonds. The minimum absolute atomic E-state index is 0.0267. The second kappa shape index (κ2) is 7.21. The highest BCUT2D eigenvalue weighted by molar-refractivity contribution is 5.87. The van der Waals surface area contributed by atoms with Crippen LogP contribution in [0.1, 0.15) is 44.2 Å². The highest BCUT2D eigenvalue weighted by Crippen LogP contribution is 2.29. The smallest absolute Gasteiger partial charge is 0.145 e. The number of benzene rings is 1. The van der Waals surface area contributed by atoms with E-state index >= 15 is 0 Å². The van der Waals surface area contributed by atoms with Gasteiger partial charge >= 0.3 is 0 Å². The van der Waals surface area contributed by atoms with Crippen molar-refractivity contribution in [3.05, 3.63) is 53.9 Å². The van der Waals surface area contributed by atoms with Gasteiger partial charge in [0.15, 0.2) is 0 Å². The average molecular weight is 284 g/mol. The standard InChI is InChI=1S/C18H24N2O/c1-4-14(3)18(16-9-7-6-8-10-16)17(21)11-15-12-19-20(5-2)13-15/h6-10,12-14,18H,4-5,11H2,1-3H3. The van der Waals surface area contributed by atoms with Gasteiger partial charge in [0.25, 0.3) is 0 Å². The molecular weight excluding hydrogens is 260 g/mol. The molecule has 21 heavy (non-hydrogen) atoms. The molecule has 0 fully saturated rings. The van der Waals surface area contributed by atoms with Crippen molar-refractivity contribution in [3.8, 4) is 0 Å². The van der Waals surface area contributed by atoms with Gasteiger partial charge in [0.1, 0.15) is 5.78 Å². The Hall–Kier alpha value is -1.90. The van der Waals surface area contributed by atoms with Crippen LogP contribution in [-0.2, 0) is 17.8 Å². The summed E-state index contributed by atoms with van der Waals surface area (Å²) in [5.74, 6) is 0.605. The first-order valence-corrected chi connectivity index (χ1v) is 7.74. The lowest BCUT2D eigenvalue weighted by Crippen LogP contribution is -2.21. The first-order valence-electron chi connectivity index (χ1n) is 7.74. The van der Waals surface area contributed by atoms with Gasteiger partial charge in [-0.15, -0.1) is 0 Å². The van der Waals surface area contributed by atoms with Gasteiger partial charge < -0.3 is 0 Å². The van der Waals surface area contributed by atoms with Crippen LogP contribution >= 0.6 is 0 Å². The number of hydrogen-bond donors (Lipinski definition) is 0. The lowest BCUT2D eigenvalue weighted by molar-refractivity contribution is -0.120. The zero-order valence-corrected chi connectivity index (χ0v) is 13.1. The van der Waals surface area contributed by atoms with E-state index in [2.05, 4.69) is 31.1 Å². The van der Waals surface area contributed by atoms with E-state index in [-0.39, 0.29) is 11.7 Å². The fraction of sp³-hybridized carbons (Fsp3) is 0.444. The summed E-state index contributed by atoms with van der Waals surface area (Å²) >= 11 is 0. The lowest BCUT2D eigenvalue weighted by Gasteiger charge is -2.22. The Kier molecular flexibility index (Phi) is 5.32. The summed E-state index contributed by atoms with van der Waals surface area (Å²) in [6, 6.07) is 10.1. The Morgan fingerprint density at radius 1 is 1.24 bits per heavy atom. The molecule has 2 aromatic rings. The van der Waals surface area contributed by atoms with Crippen molar-refractivity contribution in [2.75, 3.05) is 0 Å². The maximum atomic E-state index is 12.8. The zero-order chi connectivity index (χ0) is 15.2. The van der Waals surface area contributed by atoms with Crippen LogP contribution in [0.4, 0.5) is 0 Å². The topological polar surface area (TPSA) is 34.9 Å². The quantitative estimate of drug-likeness (QED) is 0.774. The third kappa shape index (κ3) is 3.81. The number of nitrogens with zero attached hydrogens (tertiary/aromatic N) is 2. The van der Waals surface area contributed by atoms with E-state index in [9.17, 15) is 4.79 Å². The number of aryl methyl sites for hydroxylation is 1. The molecule has 0 aliphatic rings. The van der Waals surface area contributed by atoms with E-state index in [4.69, 9.17) is 0 Å². The molecule has 3 heteroatoms. The largest absolute Gasteiger partial charge is 0.299 e. The van der Waals surface area contributed by atoms with Crippen LogP contribution in [0.3, 0.4) is 0 Å². The molecule has 0 spiro atoms. The molecule has 0 saturated carbocycles. The second-order valence-corrected chi connectivity index (χ2v) is 5.62. The molecule has 0 saturated heterocycles. The molecule has 0 bridgehead atoms. The number of hydrogen-bond acceptors (Lipinski definition) is 2. The molecule has 0 N–H and O–H groups in total. The van der Waals surface area contributed by atoms with Gasteiger partial charge in [-0.2, -0.15) is 5.10 Å². The second-order valence-electron chi connectivity index (χ2n) is 5.62. The van der Waals surface area contributed by atoms with Crippen molar-refractivity contribution in [1.82, 2.24) is 9.78 Å². The molecule has 112 valence electrons. The van der Waals surface area contributed by atoms with Crippen molar-refractivity contribution < 1.29 is 4.79 Å². The zero-order valence-electron chi connectivity index (χ0n) is 13.1. The van der Waals surface area contributed by atoms with Gasteiger partial charge in [0, 0.05) is 25.1 Å². The van der Waals surface area contributed by atoms with Gasteiger partial charge in [-0.3, -0.25) is 9.48 Å². The van der Waals surface area contributed by atoms with Gasteiger partial charge in [0.05, 0.1) is 6.20 Å². The summed E-state index contributed by atoms with van der Waals surface area (Å²) in [5, 5.41) is 4.25. The third-order valence-electron chi connectivity index (χ3n) is 4.11. The Bertz CT molecular complexity index is 574. The summed E-state index contributed by atoms with van der Waals surface area (Å²) in [6.07, 6.45) is 5.24. The fourth-order valence-corrected chi connectivity index (χ4v) is 2.71. The molecular formula is C18H24N2O. The molecule has 1 aromatic carbocycles. The molecule has 2 atom stereocenters. The highest BCUT2D eigenvalue weighted by atomic mass is 16.1. The lowest BCUT2D eigenvalue weighted by atomic mass is 9.81. The predicted molar refractivity (Wildman–Crippen MR) is 85.3 cm³/mol. The number of rotatable bonds is 7. The summed E-state index contributed by atoms with van der Waals surface area (Å²) in [4.78, 5) is 12.8. The Morgan fingerprint density at radius 3 is 2.52 bits per heavy atom. The minimum atomic E-state index is -0.0267.